The van der Waals surface area contributed by atoms with Crippen LogP contribution in [0.2, 0.25) is 0 Å². The van der Waals surface area contributed by atoms with Gasteiger partial charge in [-0.1, -0.05) is 13.3 Å². The Bertz CT molecular complexity index is 195. The van der Waals surface area contributed by atoms with E-state index in [1.165, 1.54) is 19.3 Å². The van der Waals surface area contributed by atoms with Crippen molar-refractivity contribution in [3.05, 3.63) is 0 Å². The summed E-state index contributed by atoms with van der Waals surface area (Å²) in [5.74, 6) is 1.62. The smallest absolute Gasteiger partial charge is 0.315 e. The molecule has 3 nitrogen and oxygen atoms in total. The maximum atomic E-state index is 11.3. The molecule has 2 amide bonds. The van der Waals surface area contributed by atoms with E-state index in [-0.39, 0.29) is 6.03 Å². The van der Waals surface area contributed by atoms with Crippen LogP contribution in [0.15, 0.2) is 0 Å². The molecule has 74 valence electrons. The lowest BCUT2D eigenvalue weighted by atomic mass is 10.2. The summed E-state index contributed by atoms with van der Waals surface area (Å²) in [6.45, 7) is 2.85. The Balaban J connectivity index is 1.65. The van der Waals surface area contributed by atoms with Crippen LogP contribution in [0.1, 0.15) is 32.6 Å². The van der Waals surface area contributed by atoms with Gasteiger partial charge in [0.05, 0.1) is 0 Å². The number of urea groups is 1. The highest BCUT2D eigenvalue weighted by molar-refractivity contribution is 5.74. The van der Waals surface area contributed by atoms with Crippen molar-refractivity contribution in [3.8, 4) is 0 Å². The monoisotopic (exact) mass is 182 g/mol. The molecule has 2 aliphatic rings. The van der Waals surface area contributed by atoms with Gasteiger partial charge in [-0.25, -0.2) is 4.79 Å². The van der Waals surface area contributed by atoms with Gasteiger partial charge in [0.15, 0.2) is 0 Å². The van der Waals surface area contributed by atoms with Crippen LogP contribution in [-0.4, -0.2) is 18.6 Å². The van der Waals surface area contributed by atoms with E-state index < -0.39 is 0 Å². The summed E-state index contributed by atoms with van der Waals surface area (Å²) in [6.07, 6.45) is 5.02. The lowest BCUT2D eigenvalue weighted by Gasteiger charge is -2.07. The highest BCUT2D eigenvalue weighted by Gasteiger charge is 2.53. The van der Waals surface area contributed by atoms with Gasteiger partial charge >= 0.3 is 6.03 Å². The third-order valence-corrected chi connectivity index (χ3v) is 3.24. The van der Waals surface area contributed by atoms with Gasteiger partial charge in [0.25, 0.3) is 0 Å². The molecular weight excluding hydrogens is 164 g/mol. The Morgan fingerprint density at radius 2 is 2.08 bits per heavy atom. The van der Waals surface area contributed by atoms with Crippen LogP contribution in [0.4, 0.5) is 4.79 Å². The number of amides is 2. The molecule has 2 fully saturated rings. The first-order chi connectivity index (χ1) is 6.33. The Morgan fingerprint density at radius 3 is 2.69 bits per heavy atom. The minimum absolute atomic E-state index is 0.0289. The number of hydrogen-bond donors (Lipinski definition) is 2. The molecule has 0 aromatic carbocycles. The molecule has 2 N–H and O–H groups in total. The van der Waals surface area contributed by atoms with Crippen LogP contribution in [-0.2, 0) is 0 Å². The zero-order valence-electron chi connectivity index (χ0n) is 8.18. The molecule has 0 aliphatic heterocycles. The Labute approximate surface area is 79.3 Å². The van der Waals surface area contributed by atoms with E-state index in [0.717, 1.165) is 24.8 Å². The van der Waals surface area contributed by atoms with Crippen LogP contribution in [0, 0.1) is 11.8 Å². The molecule has 2 rings (SSSR count). The second kappa shape index (κ2) is 3.56. The third-order valence-electron chi connectivity index (χ3n) is 3.24. The van der Waals surface area contributed by atoms with Crippen LogP contribution in [0.5, 0.6) is 0 Å². The van der Waals surface area contributed by atoms with E-state index in [2.05, 4.69) is 17.6 Å². The third kappa shape index (κ3) is 1.79. The van der Waals surface area contributed by atoms with Crippen LogP contribution < -0.4 is 10.6 Å². The number of hydrogen-bond acceptors (Lipinski definition) is 1. The zero-order chi connectivity index (χ0) is 9.26. The molecular formula is C10H18N2O. The second-order valence-electron chi connectivity index (χ2n) is 4.18. The summed E-state index contributed by atoms with van der Waals surface area (Å²) in [5, 5.41) is 5.88. The van der Waals surface area contributed by atoms with E-state index in [4.69, 9.17) is 0 Å². The first-order valence-electron chi connectivity index (χ1n) is 5.37. The van der Waals surface area contributed by atoms with Gasteiger partial charge in [-0.05, 0) is 31.1 Å². The predicted octanol–water partition coefficient (Wildman–Crippen LogP) is 1.49. The maximum absolute atomic E-state index is 11.3. The number of carbonyl (C=O) groups is 1. The highest BCUT2D eigenvalue weighted by atomic mass is 16.2. The normalized spacial score (nSPS) is 35.3. The van der Waals surface area contributed by atoms with E-state index in [9.17, 15) is 4.79 Å². The lowest BCUT2D eigenvalue weighted by molar-refractivity contribution is 0.239. The van der Waals surface area contributed by atoms with Crippen molar-refractivity contribution in [1.82, 2.24) is 10.6 Å². The van der Waals surface area contributed by atoms with E-state index in [1.807, 2.05) is 0 Å². The van der Waals surface area contributed by atoms with E-state index in [0.29, 0.717) is 6.04 Å². The van der Waals surface area contributed by atoms with Gasteiger partial charge in [0, 0.05) is 12.6 Å². The molecule has 0 aromatic rings. The largest absolute Gasteiger partial charge is 0.338 e. The van der Waals surface area contributed by atoms with Gasteiger partial charge in [0.1, 0.15) is 0 Å². The van der Waals surface area contributed by atoms with Crippen molar-refractivity contribution >= 4 is 6.03 Å². The fraction of sp³-hybridized carbons (Fsp3) is 0.900. The molecule has 0 heterocycles. The van der Waals surface area contributed by atoms with Crippen molar-refractivity contribution in [1.29, 1.82) is 0 Å². The number of fused-ring (bicyclic) bond motifs is 1. The Morgan fingerprint density at radius 1 is 1.38 bits per heavy atom. The molecule has 0 aromatic heterocycles. The lowest BCUT2D eigenvalue weighted by Crippen LogP contribution is -2.38. The molecule has 0 saturated heterocycles. The number of rotatable bonds is 3. The minimum atomic E-state index is 0.0289. The van der Waals surface area contributed by atoms with E-state index >= 15 is 0 Å². The standard InChI is InChI=1S/C10H18N2O/c1-2-6-11-10(13)12-9-7-4-3-5-8(7)9/h7-9H,2-6H2,1H3,(H2,11,12,13)/t7-,8+,9?. The van der Waals surface area contributed by atoms with Crippen molar-refractivity contribution in [2.75, 3.05) is 6.54 Å². The first-order valence-corrected chi connectivity index (χ1v) is 5.37. The van der Waals surface area contributed by atoms with Crippen molar-refractivity contribution in [2.45, 2.75) is 38.6 Å². The van der Waals surface area contributed by atoms with Crippen LogP contribution in [0.3, 0.4) is 0 Å². The molecule has 0 spiro atoms. The molecule has 2 aliphatic carbocycles. The average Bonchev–Trinajstić information content (AvgIpc) is 2.63. The van der Waals surface area contributed by atoms with Gasteiger partial charge in [0.2, 0.25) is 0 Å². The number of carbonyl (C=O) groups excluding carboxylic acids is 1. The fourth-order valence-electron chi connectivity index (χ4n) is 2.48. The van der Waals surface area contributed by atoms with Crippen LogP contribution in [0.25, 0.3) is 0 Å². The number of nitrogens with one attached hydrogen (secondary N) is 2. The quantitative estimate of drug-likeness (QED) is 0.682. The van der Waals surface area contributed by atoms with Gasteiger partial charge < -0.3 is 10.6 Å². The predicted molar refractivity (Wildman–Crippen MR) is 51.4 cm³/mol. The van der Waals surface area contributed by atoms with Gasteiger partial charge in [-0.15, -0.1) is 0 Å². The average molecular weight is 182 g/mol. The highest BCUT2D eigenvalue weighted by Crippen LogP contribution is 2.51. The van der Waals surface area contributed by atoms with Crippen molar-refractivity contribution < 1.29 is 4.79 Å². The SMILES string of the molecule is CCCNC(=O)NC1[C@H]2CCC[C@@H]12. The summed E-state index contributed by atoms with van der Waals surface area (Å²) in [7, 11) is 0. The van der Waals surface area contributed by atoms with Crippen molar-refractivity contribution in [3.63, 3.8) is 0 Å². The maximum Gasteiger partial charge on any atom is 0.315 e. The summed E-state index contributed by atoms with van der Waals surface area (Å²) in [4.78, 5) is 11.3. The second-order valence-corrected chi connectivity index (χ2v) is 4.18. The Kier molecular flexibility index (Phi) is 2.42. The summed E-state index contributed by atoms with van der Waals surface area (Å²) in [6, 6.07) is 0.534. The molecule has 3 heteroatoms. The molecule has 0 bridgehead atoms. The summed E-state index contributed by atoms with van der Waals surface area (Å²) >= 11 is 0. The van der Waals surface area contributed by atoms with Crippen molar-refractivity contribution in [2.24, 2.45) is 11.8 Å². The topological polar surface area (TPSA) is 41.1 Å². The van der Waals surface area contributed by atoms with Gasteiger partial charge in [-0.3, -0.25) is 0 Å². The molecule has 1 unspecified atom stereocenters. The summed E-state index contributed by atoms with van der Waals surface area (Å²) < 4.78 is 0. The molecule has 0 radical (unpaired) electrons. The Hall–Kier alpha value is -0.730. The summed E-state index contributed by atoms with van der Waals surface area (Å²) in [5.41, 5.74) is 0. The van der Waals surface area contributed by atoms with Crippen LogP contribution >= 0.6 is 0 Å². The molecule has 2 saturated carbocycles. The van der Waals surface area contributed by atoms with Gasteiger partial charge in [-0.2, -0.15) is 0 Å². The molecule has 13 heavy (non-hydrogen) atoms. The first kappa shape index (κ1) is 8.85. The minimum Gasteiger partial charge on any atom is -0.338 e. The molecule has 3 atom stereocenters. The zero-order valence-corrected chi connectivity index (χ0v) is 8.18. The fourth-order valence-corrected chi connectivity index (χ4v) is 2.48. The van der Waals surface area contributed by atoms with E-state index in [1.54, 1.807) is 0 Å².